The van der Waals surface area contributed by atoms with Gasteiger partial charge in [-0.2, -0.15) is 0 Å². The predicted octanol–water partition coefficient (Wildman–Crippen LogP) is 2.91. The van der Waals surface area contributed by atoms with Gasteiger partial charge in [0.05, 0.1) is 22.0 Å². The van der Waals surface area contributed by atoms with Crippen molar-refractivity contribution < 1.29 is 13.2 Å². The minimum Gasteiger partial charge on any atom is -0.345 e. The van der Waals surface area contributed by atoms with E-state index in [9.17, 15) is 13.2 Å². The molecule has 0 bridgehead atoms. The Morgan fingerprint density at radius 2 is 1.77 bits per heavy atom. The molecule has 6 nitrogen and oxygen atoms in total. The fraction of sp³-hybridized carbons (Fsp3) is 0.211. The Bertz CT molecular complexity index is 1040. The van der Waals surface area contributed by atoms with Gasteiger partial charge in [-0.1, -0.05) is 25.1 Å². The third-order valence-electron chi connectivity index (χ3n) is 4.17. The summed E-state index contributed by atoms with van der Waals surface area (Å²) >= 11 is 0. The highest BCUT2D eigenvalue weighted by molar-refractivity contribution is 7.90. The first-order valence-electron chi connectivity index (χ1n) is 8.20. The lowest BCUT2D eigenvalue weighted by molar-refractivity contribution is 0.0937. The molecule has 1 atom stereocenters. The number of hydrogen-bond acceptors (Lipinski definition) is 5. The van der Waals surface area contributed by atoms with Gasteiger partial charge in [0.25, 0.3) is 5.91 Å². The fourth-order valence-corrected chi connectivity index (χ4v) is 3.41. The fourth-order valence-electron chi connectivity index (χ4n) is 2.78. The molecule has 1 aromatic heterocycles. The van der Waals surface area contributed by atoms with Crippen molar-refractivity contribution in [2.24, 2.45) is 0 Å². The van der Waals surface area contributed by atoms with Gasteiger partial charge in [0.15, 0.2) is 9.84 Å². The van der Waals surface area contributed by atoms with Crippen molar-refractivity contribution in [2.45, 2.75) is 24.3 Å². The van der Waals surface area contributed by atoms with Crippen molar-refractivity contribution in [1.82, 2.24) is 15.3 Å². The summed E-state index contributed by atoms with van der Waals surface area (Å²) in [4.78, 5) is 21.5. The molecule has 0 radical (unpaired) electrons. The molecule has 0 aliphatic heterocycles. The van der Waals surface area contributed by atoms with Gasteiger partial charge in [-0.3, -0.25) is 14.8 Å². The van der Waals surface area contributed by atoms with Gasteiger partial charge in [0.2, 0.25) is 0 Å². The van der Waals surface area contributed by atoms with Crippen LogP contribution in [0, 0.1) is 0 Å². The zero-order chi connectivity index (χ0) is 18.7. The molecule has 0 aliphatic rings. The van der Waals surface area contributed by atoms with E-state index < -0.39 is 9.84 Å². The average Bonchev–Trinajstić information content (AvgIpc) is 2.65. The lowest BCUT2D eigenvalue weighted by atomic mass is 10.0. The Balaban J connectivity index is 1.87. The van der Waals surface area contributed by atoms with Gasteiger partial charge in [-0.05, 0) is 36.2 Å². The van der Waals surface area contributed by atoms with E-state index in [-0.39, 0.29) is 16.8 Å². The highest BCUT2D eigenvalue weighted by atomic mass is 32.2. The molecule has 1 heterocycles. The smallest absolute Gasteiger partial charge is 0.254 e. The number of nitrogens with zero attached hydrogens (tertiary/aromatic N) is 2. The van der Waals surface area contributed by atoms with Crippen LogP contribution in [-0.4, -0.2) is 30.5 Å². The number of fused-ring (bicyclic) bond motifs is 1. The number of rotatable bonds is 5. The van der Waals surface area contributed by atoms with E-state index in [1.807, 2.05) is 6.92 Å². The molecule has 2 aromatic carbocycles. The molecule has 0 fully saturated rings. The number of para-hydroxylation sites is 1. The zero-order valence-corrected chi connectivity index (χ0v) is 15.3. The van der Waals surface area contributed by atoms with Crippen LogP contribution in [0.4, 0.5) is 0 Å². The monoisotopic (exact) mass is 369 g/mol. The van der Waals surface area contributed by atoms with Gasteiger partial charge >= 0.3 is 0 Å². The molecule has 0 spiro atoms. The topological polar surface area (TPSA) is 89.0 Å². The molecule has 1 N–H and O–H groups in total. The number of hydrogen-bond donors (Lipinski definition) is 1. The van der Waals surface area contributed by atoms with Crippen LogP contribution >= 0.6 is 0 Å². The highest BCUT2D eigenvalue weighted by Gasteiger charge is 2.17. The van der Waals surface area contributed by atoms with Gasteiger partial charge in [-0.15, -0.1) is 0 Å². The summed E-state index contributed by atoms with van der Waals surface area (Å²) in [5.74, 6) is -0.241. The lowest BCUT2D eigenvalue weighted by Gasteiger charge is -2.18. The Kier molecular flexibility index (Phi) is 4.99. The molecule has 134 valence electrons. The minimum absolute atomic E-state index is 0.233. The maximum Gasteiger partial charge on any atom is 0.254 e. The lowest BCUT2D eigenvalue weighted by Crippen LogP contribution is -2.28. The largest absolute Gasteiger partial charge is 0.345 e. The quantitative estimate of drug-likeness (QED) is 0.747. The van der Waals surface area contributed by atoms with Crippen LogP contribution in [-0.2, 0) is 9.84 Å². The third-order valence-corrected chi connectivity index (χ3v) is 5.30. The van der Waals surface area contributed by atoms with Crippen molar-refractivity contribution in [3.63, 3.8) is 0 Å². The molecule has 0 aliphatic carbocycles. The molecular weight excluding hydrogens is 350 g/mol. The van der Waals surface area contributed by atoms with E-state index in [4.69, 9.17) is 0 Å². The molecule has 3 aromatic rings. The number of aromatic nitrogens is 2. The van der Waals surface area contributed by atoms with Crippen molar-refractivity contribution >= 4 is 26.8 Å². The van der Waals surface area contributed by atoms with E-state index in [2.05, 4.69) is 15.3 Å². The number of carbonyl (C=O) groups excluding carboxylic acids is 1. The summed E-state index contributed by atoms with van der Waals surface area (Å²) in [6, 6.07) is 11.6. The Hall–Kier alpha value is -2.80. The zero-order valence-electron chi connectivity index (χ0n) is 14.5. The predicted molar refractivity (Wildman–Crippen MR) is 99.6 cm³/mol. The van der Waals surface area contributed by atoms with E-state index >= 15 is 0 Å². The summed E-state index contributed by atoms with van der Waals surface area (Å²) in [5.41, 5.74) is 2.52. The molecule has 0 saturated carbocycles. The van der Waals surface area contributed by atoms with Crippen LogP contribution in [0.3, 0.4) is 0 Å². The van der Waals surface area contributed by atoms with Crippen LogP contribution in [0.15, 0.2) is 59.8 Å². The second-order valence-electron chi connectivity index (χ2n) is 6.01. The molecule has 3 rings (SSSR count). The molecule has 7 heteroatoms. The maximum absolute atomic E-state index is 12.8. The number of carbonyl (C=O) groups is 1. The van der Waals surface area contributed by atoms with E-state index in [1.165, 1.54) is 6.26 Å². The maximum atomic E-state index is 12.8. The average molecular weight is 369 g/mol. The number of sulfone groups is 1. The first kappa shape index (κ1) is 18.0. The van der Waals surface area contributed by atoms with Gasteiger partial charge < -0.3 is 5.32 Å². The first-order valence-corrected chi connectivity index (χ1v) is 10.1. The SMILES string of the molecule is CC[C@H](NC(=O)c1cccc2nccnc12)c1ccc(S(C)(=O)=O)cc1. The standard InChI is InChI=1S/C19H19N3O3S/c1-3-16(13-7-9-14(10-8-13)26(2,24)25)22-19(23)15-5-4-6-17-18(15)21-12-11-20-17/h4-12,16H,3H2,1-2H3,(H,22,23)/t16-/m0/s1. The number of amides is 1. The molecule has 26 heavy (non-hydrogen) atoms. The van der Waals surface area contributed by atoms with Crippen LogP contribution in [0.2, 0.25) is 0 Å². The molecule has 0 unspecified atom stereocenters. The Labute approximate surface area is 152 Å². The van der Waals surface area contributed by atoms with E-state index in [0.29, 0.717) is 23.0 Å². The number of benzene rings is 2. The number of nitrogens with one attached hydrogen (secondary N) is 1. The molecular formula is C19H19N3O3S. The second-order valence-corrected chi connectivity index (χ2v) is 8.02. The van der Waals surface area contributed by atoms with Crippen LogP contribution in [0.25, 0.3) is 11.0 Å². The Morgan fingerprint density at radius 3 is 2.42 bits per heavy atom. The van der Waals surface area contributed by atoms with Gasteiger partial charge in [0.1, 0.15) is 5.52 Å². The normalized spacial score (nSPS) is 12.7. The summed E-state index contributed by atoms with van der Waals surface area (Å²) < 4.78 is 23.2. The van der Waals surface area contributed by atoms with Gasteiger partial charge in [0, 0.05) is 18.6 Å². The summed E-state index contributed by atoms with van der Waals surface area (Å²) in [6.07, 6.45) is 4.98. The van der Waals surface area contributed by atoms with Crippen molar-refractivity contribution in [3.8, 4) is 0 Å². The van der Waals surface area contributed by atoms with Crippen molar-refractivity contribution in [2.75, 3.05) is 6.26 Å². The summed E-state index contributed by atoms with van der Waals surface area (Å²) in [7, 11) is -3.24. The third kappa shape index (κ3) is 3.72. The first-order chi connectivity index (χ1) is 12.4. The summed E-state index contributed by atoms with van der Waals surface area (Å²) in [5, 5.41) is 2.99. The van der Waals surface area contributed by atoms with E-state index in [0.717, 1.165) is 5.56 Å². The van der Waals surface area contributed by atoms with Crippen LogP contribution in [0.1, 0.15) is 35.3 Å². The highest BCUT2D eigenvalue weighted by Crippen LogP contribution is 2.21. The van der Waals surface area contributed by atoms with Crippen LogP contribution in [0.5, 0.6) is 0 Å². The van der Waals surface area contributed by atoms with Crippen LogP contribution < -0.4 is 5.32 Å². The van der Waals surface area contributed by atoms with E-state index in [1.54, 1.807) is 54.9 Å². The molecule has 1 amide bonds. The Morgan fingerprint density at radius 1 is 1.08 bits per heavy atom. The molecule has 0 saturated heterocycles. The second kappa shape index (κ2) is 7.21. The van der Waals surface area contributed by atoms with Crippen molar-refractivity contribution in [3.05, 3.63) is 66.0 Å². The van der Waals surface area contributed by atoms with Crippen molar-refractivity contribution in [1.29, 1.82) is 0 Å². The summed E-state index contributed by atoms with van der Waals surface area (Å²) in [6.45, 7) is 1.96. The van der Waals surface area contributed by atoms with Gasteiger partial charge in [-0.25, -0.2) is 8.42 Å². The minimum atomic E-state index is -3.24.